The molecular formula is C20H27N3OS. The number of anilines is 1. The van der Waals surface area contributed by atoms with Crippen LogP contribution in [0.3, 0.4) is 0 Å². The number of aryl methyl sites for hydroxylation is 1. The van der Waals surface area contributed by atoms with Gasteiger partial charge in [0.2, 0.25) is 0 Å². The molecule has 1 aromatic carbocycles. The normalized spacial score (nSPS) is 15.6. The zero-order valence-electron chi connectivity index (χ0n) is 14.9. The molecule has 2 N–H and O–H groups in total. The number of amides is 1. The van der Waals surface area contributed by atoms with Gasteiger partial charge in [-0.25, -0.2) is 4.98 Å². The van der Waals surface area contributed by atoms with E-state index in [1.54, 1.807) is 0 Å². The van der Waals surface area contributed by atoms with Crippen molar-refractivity contribution in [2.45, 2.75) is 57.9 Å². The first-order chi connectivity index (χ1) is 12.2. The zero-order chi connectivity index (χ0) is 17.5. The minimum atomic E-state index is 0.0398. The van der Waals surface area contributed by atoms with Crippen LogP contribution in [-0.4, -0.2) is 23.5 Å². The number of nitrogens with one attached hydrogen (secondary N) is 2. The smallest absolute Gasteiger partial charge is 0.263 e. The monoisotopic (exact) mass is 357 g/mol. The fourth-order valence-electron chi connectivity index (χ4n) is 3.32. The van der Waals surface area contributed by atoms with Crippen LogP contribution in [0, 0.1) is 6.92 Å². The second kappa shape index (κ2) is 8.99. The minimum Gasteiger partial charge on any atom is -0.361 e. The van der Waals surface area contributed by atoms with Crippen LogP contribution in [0.15, 0.2) is 30.3 Å². The summed E-state index contributed by atoms with van der Waals surface area (Å²) in [7, 11) is 0. The van der Waals surface area contributed by atoms with Gasteiger partial charge in [-0.05, 0) is 31.7 Å². The van der Waals surface area contributed by atoms with E-state index < -0.39 is 0 Å². The third-order valence-corrected chi connectivity index (χ3v) is 5.84. The molecule has 0 unspecified atom stereocenters. The molecule has 5 heteroatoms. The van der Waals surface area contributed by atoms with E-state index in [4.69, 9.17) is 0 Å². The van der Waals surface area contributed by atoms with Crippen LogP contribution in [0.25, 0.3) is 0 Å². The predicted molar refractivity (Wildman–Crippen MR) is 104 cm³/mol. The van der Waals surface area contributed by atoms with Crippen LogP contribution < -0.4 is 10.6 Å². The number of carbonyl (C=O) groups excluding carboxylic acids is 1. The maximum Gasteiger partial charge on any atom is 0.263 e. The second-order valence-electron chi connectivity index (χ2n) is 6.76. The number of hydrogen-bond donors (Lipinski definition) is 2. The standard InChI is InChI=1S/C20H27N3OS/c1-15-18(19(24)23-17-11-7-2-3-8-12-17)25-20(22-15)21-14-13-16-9-5-4-6-10-16/h4-6,9-10,17H,2-3,7-8,11-14H2,1H3,(H,21,22)(H,23,24). The molecule has 1 aliphatic rings. The van der Waals surface area contributed by atoms with Crippen LogP contribution in [0.4, 0.5) is 5.13 Å². The number of benzene rings is 1. The van der Waals surface area contributed by atoms with Crippen LogP contribution in [0.1, 0.15) is 59.5 Å². The van der Waals surface area contributed by atoms with Gasteiger partial charge in [0.25, 0.3) is 5.91 Å². The lowest BCUT2D eigenvalue weighted by molar-refractivity contribution is 0.0936. The van der Waals surface area contributed by atoms with Crippen molar-refractivity contribution in [2.75, 3.05) is 11.9 Å². The Hall–Kier alpha value is -1.88. The summed E-state index contributed by atoms with van der Waals surface area (Å²) in [5, 5.41) is 7.40. The lowest BCUT2D eigenvalue weighted by Crippen LogP contribution is -2.34. The highest BCUT2D eigenvalue weighted by Crippen LogP contribution is 2.24. The lowest BCUT2D eigenvalue weighted by atomic mass is 10.1. The topological polar surface area (TPSA) is 54.0 Å². The van der Waals surface area contributed by atoms with Gasteiger partial charge in [-0.3, -0.25) is 4.79 Å². The maximum atomic E-state index is 12.6. The molecule has 2 aromatic rings. The Morgan fingerprint density at radius 3 is 2.60 bits per heavy atom. The van der Waals surface area contributed by atoms with Crippen molar-refractivity contribution in [1.82, 2.24) is 10.3 Å². The number of aromatic nitrogens is 1. The molecule has 1 aliphatic carbocycles. The molecule has 4 nitrogen and oxygen atoms in total. The molecule has 0 saturated heterocycles. The van der Waals surface area contributed by atoms with Gasteiger partial charge in [-0.15, -0.1) is 0 Å². The molecule has 134 valence electrons. The average molecular weight is 358 g/mol. The summed E-state index contributed by atoms with van der Waals surface area (Å²) in [6, 6.07) is 10.7. The van der Waals surface area contributed by atoms with Crippen molar-refractivity contribution in [3.05, 3.63) is 46.5 Å². The molecule has 0 atom stereocenters. The quantitative estimate of drug-likeness (QED) is 0.745. The van der Waals surface area contributed by atoms with Crippen LogP contribution >= 0.6 is 11.3 Å². The van der Waals surface area contributed by atoms with Gasteiger partial charge in [0.15, 0.2) is 5.13 Å². The average Bonchev–Trinajstić information content (AvgIpc) is 2.81. The van der Waals surface area contributed by atoms with E-state index in [0.29, 0.717) is 6.04 Å². The molecule has 1 heterocycles. The first kappa shape index (κ1) is 17.9. The van der Waals surface area contributed by atoms with Gasteiger partial charge in [0, 0.05) is 12.6 Å². The van der Waals surface area contributed by atoms with Crippen molar-refractivity contribution in [3.63, 3.8) is 0 Å². The van der Waals surface area contributed by atoms with Gasteiger partial charge in [0.1, 0.15) is 4.88 Å². The van der Waals surface area contributed by atoms with Gasteiger partial charge in [-0.2, -0.15) is 0 Å². The Morgan fingerprint density at radius 1 is 1.16 bits per heavy atom. The zero-order valence-corrected chi connectivity index (χ0v) is 15.7. The fourth-order valence-corrected chi connectivity index (χ4v) is 4.21. The Balaban J connectivity index is 1.53. The lowest BCUT2D eigenvalue weighted by Gasteiger charge is -2.15. The van der Waals surface area contributed by atoms with Gasteiger partial charge in [0.05, 0.1) is 5.69 Å². The summed E-state index contributed by atoms with van der Waals surface area (Å²) in [6.07, 6.45) is 8.18. The molecule has 0 radical (unpaired) electrons. The van der Waals surface area contributed by atoms with Crippen molar-refractivity contribution in [3.8, 4) is 0 Å². The molecule has 1 fully saturated rings. The summed E-state index contributed by atoms with van der Waals surface area (Å²) in [5.41, 5.74) is 2.12. The summed E-state index contributed by atoms with van der Waals surface area (Å²) in [6.45, 7) is 2.74. The third-order valence-electron chi connectivity index (χ3n) is 4.73. The van der Waals surface area contributed by atoms with Crippen molar-refractivity contribution < 1.29 is 4.79 Å². The number of rotatable bonds is 6. The first-order valence-electron chi connectivity index (χ1n) is 9.28. The minimum absolute atomic E-state index is 0.0398. The van der Waals surface area contributed by atoms with E-state index in [1.165, 1.54) is 42.6 Å². The van der Waals surface area contributed by atoms with Gasteiger partial charge in [-0.1, -0.05) is 67.4 Å². The number of hydrogen-bond acceptors (Lipinski definition) is 4. The Labute approximate surface area is 154 Å². The van der Waals surface area contributed by atoms with Crippen LogP contribution in [0.2, 0.25) is 0 Å². The Bertz CT molecular complexity index is 676. The summed E-state index contributed by atoms with van der Waals surface area (Å²) in [4.78, 5) is 17.8. The van der Waals surface area contributed by atoms with E-state index >= 15 is 0 Å². The van der Waals surface area contributed by atoms with Gasteiger partial charge >= 0.3 is 0 Å². The second-order valence-corrected chi connectivity index (χ2v) is 7.76. The molecule has 0 spiro atoms. The SMILES string of the molecule is Cc1nc(NCCc2ccccc2)sc1C(=O)NC1CCCCCC1. The molecule has 3 rings (SSSR count). The molecular weight excluding hydrogens is 330 g/mol. The highest BCUT2D eigenvalue weighted by Gasteiger charge is 2.19. The van der Waals surface area contributed by atoms with E-state index in [1.807, 2.05) is 13.0 Å². The third kappa shape index (κ3) is 5.30. The number of carbonyl (C=O) groups is 1. The molecule has 0 bridgehead atoms. The van der Waals surface area contributed by atoms with Crippen LogP contribution in [-0.2, 0) is 6.42 Å². The molecule has 1 amide bonds. The maximum absolute atomic E-state index is 12.6. The highest BCUT2D eigenvalue weighted by molar-refractivity contribution is 7.17. The number of thiazole rings is 1. The van der Waals surface area contributed by atoms with Crippen molar-refractivity contribution in [2.24, 2.45) is 0 Å². The summed E-state index contributed by atoms with van der Waals surface area (Å²) >= 11 is 1.46. The van der Waals surface area contributed by atoms with E-state index in [2.05, 4.69) is 39.9 Å². The Kier molecular flexibility index (Phi) is 6.45. The van der Waals surface area contributed by atoms with Crippen molar-refractivity contribution in [1.29, 1.82) is 0 Å². The highest BCUT2D eigenvalue weighted by atomic mass is 32.1. The Morgan fingerprint density at radius 2 is 1.88 bits per heavy atom. The summed E-state index contributed by atoms with van der Waals surface area (Å²) < 4.78 is 0. The molecule has 1 aromatic heterocycles. The molecule has 1 saturated carbocycles. The fraction of sp³-hybridized carbons (Fsp3) is 0.500. The largest absolute Gasteiger partial charge is 0.361 e. The first-order valence-corrected chi connectivity index (χ1v) is 10.1. The number of nitrogens with zero attached hydrogens (tertiary/aromatic N) is 1. The van der Waals surface area contributed by atoms with E-state index in [9.17, 15) is 4.79 Å². The van der Waals surface area contributed by atoms with Gasteiger partial charge < -0.3 is 10.6 Å². The van der Waals surface area contributed by atoms with Crippen molar-refractivity contribution >= 4 is 22.4 Å². The molecule has 0 aliphatic heterocycles. The molecule has 25 heavy (non-hydrogen) atoms. The van der Waals surface area contributed by atoms with Crippen LogP contribution in [0.5, 0.6) is 0 Å². The van der Waals surface area contributed by atoms with E-state index in [0.717, 1.165) is 41.5 Å². The summed E-state index contributed by atoms with van der Waals surface area (Å²) in [5.74, 6) is 0.0398. The van der Waals surface area contributed by atoms with E-state index in [-0.39, 0.29) is 5.91 Å². The predicted octanol–water partition coefficient (Wildman–Crippen LogP) is 4.56.